The molecule has 0 amide bonds. The van der Waals surface area contributed by atoms with Gasteiger partial charge in [-0.15, -0.1) is 0 Å². The maximum atomic E-state index is 12.2. The number of nitrogens with one attached hydrogen (secondary N) is 1. The Morgan fingerprint density at radius 1 is 1.10 bits per heavy atom. The van der Waals surface area contributed by atoms with Crippen LogP contribution in [0.15, 0.2) is 53.4 Å². The zero-order valence-corrected chi connectivity index (χ0v) is 12.8. The van der Waals surface area contributed by atoms with E-state index in [0.717, 1.165) is 5.56 Å². The summed E-state index contributed by atoms with van der Waals surface area (Å²) in [5, 5.41) is 9.65. The van der Waals surface area contributed by atoms with Gasteiger partial charge in [0.25, 0.3) is 0 Å². The van der Waals surface area contributed by atoms with Crippen LogP contribution in [-0.2, 0) is 10.0 Å². The van der Waals surface area contributed by atoms with Crippen LogP contribution in [0.25, 0.3) is 0 Å². The first-order chi connectivity index (χ1) is 9.92. The Hall–Kier alpha value is -1.87. The van der Waals surface area contributed by atoms with Gasteiger partial charge in [-0.2, -0.15) is 9.98 Å². The van der Waals surface area contributed by atoms with Crippen LogP contribution in [0, 0.1) is 18.3 Å². The minimum atomic E-state index is -3.78. The van der Waals surface area contributed by atoms with Gasteiger partial charge in [0, 0.05) is 5.02 Å². The topological polar surface area (TPSA) is 70.0 Å². The zero-order valence-electron chi connectivity index (χ0n) is 11.2. The molecule has 4 nitrogen and oxygen atoms in total. The lowest BCUT2D eigenvalue weighted by Gasteiger charge is -2.13. The molecule has 0 aromatic heterocycles. The summed E-state index contributed by atoms with van der Waals surface area (Å²) < 4.78 is 26.9. The molecule has 1 unspecified atom stereocenters. The van der Waals surface area contributed by atoms with Gasteiger partial charge in [0.05, 0.1) is 11.0 Å². The smallest absolute Gasteiger partial charge is 0.207 e. The molecule has 0 bridgehead atoms. The standard InChI is InChI=1S/C15H13ClN2O2S/c1-11-2-4-12(5-3-11)15(10-17)18-21(19,20)14-8-6-13(16)7-9-14/h2-9,15,18H,1H3. The van der Waals surface area contributed by atoms with Crippen molar-refractivity contribution in [2.45, 2.75) is 17.9 Å². The van der Waals surface area contributed by atoms with Crippen molar-refractivity contribution in [2.75, 3.05) is 0 Å². The van der Waals surface area contributed by atoms with Gasteiger partial charge in [-0.3, -0.25) is 0 Å². The van der Waals surface area contributed by atoms with E-state index < -0.39 is 16.1 Å². The molecule has 2 aromatic rings. The monoisotopic (exact) mass is 320 g/mol. The molecule has 0 aliphatic heterocycles. The Balaban J connectivity index is 2.27. The van der Waals surface area contributed by atoms with Crippen molar-refractivity contribution in [3.05, 3.63) is 64.7 Å². The van der Waals surface area contributed by atoms with E-state index >= 15 is 0 Å². The van der Waals surface area contributed by atoms with Crippen molar-refractivity contribution in [2.24, 2.45) is 0 Å². The van der Waals surface area contributed by atoms with Crippen molar-refractivity contribution in [1.82, 2.24) is 4.72 Å². The first-order valence-corrected chi connectivity index (χ1v) is 8.02. The first-order valence-electron chi connectivity index (χ1n) is 6.16. The summed E-state index contributed by atoms with van der Waals surface area (Å²) in [7, 11) is -3.78. The van der Waals surface area contributed by atoms with Crippen molar-refractivity contribution in [3.63, 3.8) is 0 Å². The molecule has 2 rings (SSSR count). The second-order valence-corrected chi connectivity index (χ2v) is 6.70. The average molecular weight is 321 g/mol. The van der Waals surface area contributed by atoms with Gasteiger partial charge in [0.1, 0.15) is 6.04 Å². The second kappa shape index (κ2) is 6.27. The molecule has 1 atom stereocenters. The lowest BCUT2D eigenvalue weighted by Crippen LogP contribution is -2.27. The fourth-order valence-electron chi connectivity index (χ4n) is 1.76. The van der Waals surface area contributed by atoms with Crippen LogP contribution in [0.5, 0.6) is 0 Å². The van der Waals surface area contributed by atoms with E-state index in [4.69, 9.17) is 11.6 Å². The van der Waals surface area contributed by atoms with Gasteiger partial charge in [-0.1, -0.05) is 41.4 Å². The molecule has 0 spiro atoms. The fourth-order valence-corrected chi connectivity index (χ4v) is 3.02. The Morgan fingerprint density at radius 3 is 2.19 bits per heavy atom. The SMILES string of the molecule is Cc1ccc(C(C#N)NS(=O)(=O)c2ccc(Cl)cc2)cc1. The normalized spacial score (nSPS) is 12.6. The molecule has 6 heteroatoms. The third-order valence-electron chi connectivity index (χ3n) is 2.94. The van der Waals surface area contributed by atoms with Crippen molar-refractivity contribution in [3.8, 4) is 6.07 Å². The van der Waals surface area contributed by atoms with Crippen molar-refractivity contribution >= 4 is 21.6 Å². The fraction of sp³-hybridized carbons (Fsp3) is 0.133. The Kier molecular flexibility index (Phi) is 4.63. The quantitative estimate of drug-likeness (QED) is 0.940. The number of rotatable bonds is 4. The van der Waals surface area contributed by atoms with Gasteiger partial charge in [-0.05, 0) is 36.8 Å². The van der Waals surface area contributed by atoms with Gasteiger partial charge in [-0.25, -0.2) is 8.42 Å². The minimum absolute atomic E-state index is 0.0688. The van der Waals surface area contributed by atoms with Crippen LogP contribution in [-0.4, -0.2) is 8.42 Å². The van der Waals surface area contributed by atoms with E-state index in [2.05, 4.69) is 4.72 Å². The van der Waals surface area contributed by atoms with Crippen LogP contribution in [0.1, 0.15) is 17.2 Å². The number of hydrogen-bond acceptors (Lipinski definition) is 3. The zero-order chi connectivity index (χ0) is 15.5. The number of aryl methyl sites for hydroxylation is 1. The highest BCUT2D eigenvalue weighted by Gasteiger charge is 2.21. The molecule has 2 aromatic carbocycles. The molecule has 0 saturated carbocycles. The molecule has 0 saturated heterocycles. The molecule has 0 radical (unpaired) electrons. The van der Waals surface area contributed by atoms with Crippen LogP contribution >= 0.6 is 11.6 Å². The summed E-state index contributed by atoms with van der Waals surface area (Å²) >= 11 is 5.74. The molecular formula is C15H13ClN2O2S. The summed E-state index contributed by atoms with van der Waals surface area (Å²) in [5.41, 5.74) is 1.64. The second-order valence-electron chi connectivity index (χ2n) is 4.55. The van der Waals surface area contributed by atoms with Gasteiger partial charge >= 0.3 is 0 Å². The summed E-state index contributed by atoms with van der Waals surface area (Å²) in [6, 6.07) is 13.9. The number of sulfonamides is 1. The molecule has 21 heavy (non-hydrogen) atoms. The predicted molar refractivity (Wildman–Crippen MR) is 81.3 cm³/mol. The van der Waals surface area contributed by atoms with Crippen molar-refractivity contribution in [1.29, 1.82) is 5.26 Å². The third kappa shape index (κ3) is 3.82. The molecule has 0 fully saturated rings. The minimum Gasteiger partial charge on any atom is -0.207 e. The first kappa shape index (κ1) is 15.5. The molecule has 1 N–H and O–H groups in total. The number of nitriles is 1. The van der Waals surface area contributed by atoms with E-state index in [1.165, 1.54) is 24.3 Å². The van der Waals surface area contributed by atoms with Crippen LogP contribution < -0.4 is 4.72 Å². The number of benzene rings is 2. The molecular weight excluding hydrogens is 308 g/mol. The van der Waals surface area contributed by atoms with Crippen LogP contribution in [0.3, 0.4) is 0 Å². The summed E-state index contributed by atoms with van der Waals surface area (Å²) in [5.74, 6) is 0. The largest absolute Gasteiger partial charge is 0.242 e. The number of hydrogen-bond donors (Lipinski definition) is 1. The van der Waals surface area contributed by atoms with Crippen LogP contribution in [0.2, 0.25) is 5.02 Å². The summed E-state index contributed by atoms with van der Waals surface area (Å²) in [4.78, 5) is 0.0688. The van der Waals surface area contributed by atoms with E-state index in [9.17, 15) is 13.7 Å². The average Bonchev–Trinajstić information content (AvgIpc) is 2.46. The van der Waals surface area contributed by atoms with Crippen LogP contribution in [0.4, 0.5) is 0 Å². The van der Waals surface area contributed by atoms with Crippen molar-refractivity contribution < 1.29 is 8.42 Å². The molecule has 108 valence electrons. The summed E-state index contributed by atoms with van der Waals surface area (Å²) in [6.07, 6.45) is 0. The highest BCUT2D eigenvalue weighted by atomic mass is 35.5. The maximum Gasteiger partial charge on any atom is 0.242 e. The lowest BCUT2D eigenvalue weighted by molar-refractivity contribution is 0.575. The third-order valence-corrected chi connectivity index (χ3v) is 4.63. The van der Waals surface area contributed by atoms with E-state index in [1.54, 1.807) is 12.1 Å². The molecule has 0 heterocycles. The Labute approximate surface area is 129 Å². The lowest BCUT2D eigenvalue weighted by atomic mass is 10.1. The summed E-state index contributed by atoms with van der Waals surface area (Å²) in [6.45, 7) is 1.92. The van der Waals surface area contributed by atoms with E-state index in [-0.39, 0.29) is 4.90 Å². The molecule has 0 aliphatic rings. The predicted octanol–water partition coefficient (Wildman–Crippen LogP) is 3.19. The maximum absolute atomic E-state index is 12.2. The Morgan fingerprint density at radius 2 is 1.67 bits per heavy atom. The van der Waals surface area contributed by atoms with E-state index in [1.807, 2.05) is 25.1 Å². The van der Waals surface area contributed by atoms with E-state index in [0.29, 0.717) is 10.6 Å². The highest BCUT2D eigenvalue weighted by molar-refractivity contribution is 7.89. The van der Waals surface area contributed by atoms with Gasteiger partial charge < -0.3 is 0 Å². The molecule has 0 aliphatic carbocycles. The number of nitrogens with zero attached hydrogens (tertiary/aromatic N) is 1. The highest BCUT2D eigenvalue weighted by Crippen LogP contribution is 2.19. The Bertz CT molecular complexity index is 763. The number of halogens is 1. The van der Waals surface area contributed by atoms with Gasteiger partial charge in [0.15, 0.2) is 0 Å². The van der Waals surface area contributed by atoms with Gasteiger partial charge in [0.2, 0.25) is 10.0 Å².